The Hall–Kier alpha value is -2.34. The van der Waals surface area contributed by atoms with Gasteiger partial charge in [-0.05, 0) is 32.0 Å². The first-order chi connectivity index (χ1) is 10.6. The maximum Gasteiger partial charge on any atom is 0.313 e. The smallest absolute Gasteiger partial charge is 0.313 e. The molecule has 1 aromatic heterocycles. The molecule has 1 aromatic carbocycles. The number of hydrogen-bond acceptors (Lipinski definition) is 3. The zero-order chi connectivity index (χ0) is 15.7. The van der Waals surface area contributed by atoms with E-state index in [1.165, 1.54) is 0 Å². The van der Waals surface area contributed by atoms with E-state index >= 15 is 0 Å². The van der Waals surface area contributed by atoms with Crippen LogP contribution in [0.5, 0.6) is 0 Å². The third-order valence-corrected chi connectivity index (χ3v) is 4.18. The minimum absolute atomic E-state index is 0.0707. The van der Waals surface area contributed by atoms with E-state index in [1.807, 2.05) is 32.0 Å². The van der Waals surface area contributed by atoms with Crippen molar-refractivity contribution < 1.29 is 14.3 Å². The maximum absolute atomic E-state index is 12.4. The number of nitrogens with one attached hydrogen (secondary N) is 2. The van der Waals surface area contributed by atoms with E-state index in [2.05, 4.69) is 10.3 Å². The second kappa shape index (κ2) is 5.81. The highest BCUT2D eigenvalue weighted by Crippen LogP contribution is 2.22. The van der Waals surface area contributed by atoms with Crippen molar-refractivity contribution in [2.75, 3.05) is 18.5 Å². The van der Waals surface area contributed by atoms with Crippen molar-refractivity contribution in [3.05, 3.63) is 30.5 Å². The van der Waals surface area contributed by atoms with Crippen LogP contribution >= 0.6 is 0 Å². The summed E-state index contributed by atoms with van der Waals surface area (Å²) in [5.41, 5.74) is 1.55. The normalized spacial score (nSPS) is 21.8. The molecule has 0 spiro atoms. The molecular weight excluding hydrogens is 282 g/mol. The summed E-state index contributed by atoms with van der Waals surface area (Å²) >= 11 is 0. The van der Waals surface area contributed by atoms with Crippen molar-refractivity contribution >= 4 is 28.4 Å². The first-order valence-corrected chi connectivity index (χ1v) is 7.37. The van der Waals surface area contributed by atoms with Crippen molar-refractivity contribution in [2.24, 2.45) is 0 Å². The Labute approximate surface area is 128 Å². The summed E-state index contributed by atoms with van der Waals surface area (Å²) in [6, 6.07) is 7.29. The average molecular weight is 301 g/mol. The number of rotatable bonds is 1. The van der Waals surface area contributed by atoms with Gasteiger partial charge in [0.1, 0.15) is 0 Å². The van der Waals surface area contributed by atoms with Gasteiger partial charge in [-0.25, -0.2) is 0 Å². The molecule has 2 aromatic rings. The predicted octanol–water partition coefficient (Wildman–Crippen LogP) is 1.74. The molecule has 2 unspecified atom stereocenters. The number of morpholine rings is 1. The number of nitrogens with zero attached hydrogens (tertiary/aromatic N) is 1. The number of aromatic amines is 1. The van der Waals surface area contributed by atoms with Gasteiger partial charge >= 0.3 is 11.8 Å². The monoisotopic (exact) mass is 301 g/mol. The second-order valence-corrected chi connectivity index (χ2v) is 5.51. The number of aromatic nitrogens is 1. The molecule has 0 saturated carbocycles. The molecule has 2 heterocycles. The van der Waals surface area contributed by atoms with Gasteiger partial charge in [0.05, 0.1) is 24.4 Å². The number of amides is 2. The Morgan fingerprint density at radius 1 is 1.32 bits per heavy atom. The van der Waals surface area contributed by atoms with E-state index in [1.54, 1.807) is 17.2 Å². The molecule has 1 saturated heterocycles. The van der Waals surface area contributed by atoms with E-state index in [-0.39, 0.29) is 12.1 Å². The highest BCUT2D eigenvalue weighted by atomic mass is 16.5. The molecule has 2 atom stereocenters. The fraction of sp³-hybridized carbons (Fsp3) is 0.375. The number of carbonyl (C=O) groups excluding carboxylic acids is 2. The molecule has 0 radical (unpaired) electrons. The van der Waals surface area contributed by atoms with Crippen LogP contribution in [0, 0.1) is 0 Å². The summed E-state index contributed by atoms with van der Waals surface area (Å²) in [4.78, 5) is 29.3. The predicted molar refractivity (Wildman–Crippen MR) is 83.5 cm³/mol. The summed E-state index contributed by atoms with van der Waals surface area (Å²) in [5, 5.41) is 3.59. The van der Waals surface area contributed by atoms with Gasteiger partial charge in [-0.1, -0.05) is 6.07 Å². The summed E-state index contributed by atoms with van der Waals surface area (Å²) in [5.74, 6) is -1.13. The Balaban J connectivity index is 1.76. The molecule has 0 aliphatic carbocycles. The maximum atomic E-state index is 12.4. The minimum Gasteiger partial charge on any atom is -0.375 e. The molecule has 116 valence electrons. The van der Waals surface area contributed by atoms with Gasteiger partial charge in [-0.2, -0.15) is 0 Å². The zero-order valence-corrected chi connectivity index (χ0v) is 12.6. The number of benzene rings is 1. The Morgan fingerprint density at radius 3 is 2.95 bits per heavy atom. The molecule has 2 N–H and O–H groups in total. The van der Waals surface area contributed by atoms with Crippen molar-refractivity contribution in [3.63, 3.8) is 0 Å². The van der Waals surface area contributed by atoms with Crippen molar-refractivity contribution in [1.29, 1.82) is 0 Å². The SMILES string of the molecule is CC1OCCN(C(=O)C(=O)Nc2cccc3[nH]ccc23)C1C. The standard InChI is InChI=1S/C16H19N3O3/c1-10-11(2)22-9-8-19(10)16(21)15(20)18-14-5-3-4-13-12(14)6-7-17-13/h3-7,10-11,17H,8-9H2,1-2H3,(H,18,20). The minimum atomic E-state index is -0.616. The van der Waals surface area contributed by atoms with Crippen LogP contribution in [-0.2, 0) is 14.3 Å². The first kappa shape index (κ1) is 14.6. The highest BCUT2D eigenvalue weighted by molar-refractivity contribution is 6.40. The number of ether oxygens (including phenoxy) is 1. The van der Waals surface area contributed by atoms with Crippen LogP contribution in [0.2, 0.25) is 0 Å². The van der Waals surface area contributed by atoms with Crippen LogP contribution in [0.3, 0.4) is 0 Å². The van der Waals surface area contributed by atoms with Gasteiger partial charge in [0.25, 0.3) is 0 Å². The van der Waals surface area contributed by atoms with Crippen molar-refractivity contribution in [3.8, 4) is 0 Å². The van der Waals surface area contributed by atoms with Gasteiger partial charge < -0.3 is 19.9 Å². The van der Waals surface area contributed by atoms with Crippen LogP contribution in [0.25, 0.3) is 10.9 Å². The second-order valence-electron chi connectivity index (χ2n) is 5.51. The number of anilines is 1. The van der Waals surface area contributed by atoms with E-state index < -0.39 is 11.8 Å². The third-order valence-electron chi connectivity index (χ3n) is 4.18. The Morgan fingerprint density at radius 2 is 2.14 bits per heavy atom. The molecule has 1 aliphatic heterocycles. The lowest BCUT2D eigenvalue weighted by molar-refractivity contribution is -0.152. The van der Waals surface area contributed by atoms with Crippen LogP contribution in [0.15, 0.2) is 30.5 Å². The Bertz CT molecular complexity index is 709. The van der Waals surface area contributed by atoms with Crippen molar-refractivity contribution in [2.45, 2.75) is 26.0 Å². The van der Waals surface area contributed by atoms with Gasteiger partial charge in [0.2, 0.25) is 0 Å². The zero-order valence-electron chi connectivity index (χ0n) is 12.6. The molecule has 3 rings (SSSR count). The van der Waals surface area contributed by atoms with Crippen molar-refractivity contribution in [1.82, 2.24) is 9.88 Å². The Kier molecular flexibility index (Phi) is 3.85. The molecule has 1 fully saturated rings. The lowest BCUT2D eigenvalue weighted by Crippen LogP contribution is -2.54. The van der Waals surface area contributed by atoms with Crippen LogP contribution in [-0.4, -0.2) is 47.0 Å². The highest BCUT2D eigenvalue weighted by Gasteiger charge is 2.32. The van der Waals surface area contributed by atoms with Crippen LogP contribution < -0.4 is 5.32 Å². The molecule has 0 bridgehead atoms. The van der Waals surface area contributed by atoms with Gasteiger partial charge in [-0.3, -0.25) is 9.59 Å². The largest absolute Gasteiger partial charge is 0.375 e. The fourth-order valence-corrected chi connectivity index (χ4v) is 2.72. The molecule has 1 aliphatic rings. The quantitative estimate of drug-likeness (QED) is 0.788. The molecule has 22 heavy (non-hydrogen) atoms. The summed E-state index contributed by atoms with van der Waals surface area (Å²) in [7, 11) is 0. The lowest BCUT2D eigenvalue weighted by atomic mass is 10.1. The average Bonchev–Trinajstić information content (AvgIpc) is 2.99. The lowest BCUT2D eigenvalue weighted by Gasteiger charge is -2.37. The number of hydrogen-bond donors (Lipinski definition) is 2. The van der Waals surface area contributed by atoms with E-state index in [0.717, 1.165) is 10.9 Å². The molecular formula is C16H19N3O3. The van der Waals surface area contributed by atoms with Gasteiger partial charge in [0, 0.05) is 23.6 Å². The number of carbonyl (C=O) groups is 2. The first-order valence-electron chi connectivity index (χ1n) is 7.37. The number of H-pyrrole nitrogens is 1. The van der Waals surface area contributed by atoms with E-state index in [4.69, 9.17) is 4.74 Å². The summed E-state index contributed by atoms with van der Waals surface area (Å²) < 4.78 is 5.49. The van der Waals surface area contributed by atoms with E-state index in [0.29, 0.717) is 18.8 Å². The molecule has 2 amide bonds. The van der Waals surface area contributed by atoms with Gasteiger partial charge in [0.15, 0.2) is 0 Å². The number of fused-ring (bicyclic) bond motifs is 1. The third kappa shape index (κ3) is 2.57. The summed E-state index contributed by atoms with van der Waals surface area (Å²) in [6.07, 6.45) is 1.73. The van der Waals surface area contributed by atoms with E-state index in [9.17, 15) is 9.59 Å². The fourth-order valence-electron chi connectivity index (χ4n) is 2.72. The van der Waals surface area contributed by atoms with Crippen LogP contribution in [0.1, 0.15) is 13.8 Å². The summed E-state index contributed by atoms with van der Waals surface area (Å²) in [6.45, 7) is 4.69. The van der Waals surface area contributed by atoms with Crippen LogP contribution in [0.4, 0.5) is 5.69 Å². The van der Waals surface area contributed by atoms with Gasteiger partial charge in [-0.15, -0.1) is 0 Å². The molecule has 6 heteroatoms. The topological polar surface area (TPSA) is 74.4 Å². The molecule has 6 nitrogen and oxygen atoms in total.